The first-order valence-electron chi connectivity index (χ1n) is 7.11. The van der Waals surface area contributed by atoms with Gasteiger partial charge in [0.15, 0.2) is 0 Å². The lowest BCUT2D eigenvalue weighted by Crippen LogP contribution is -2.42. The normalized spacial score (nSPS) is 16.1. The highest BCUT2D eigenvalue weighted by atomic mass is 35.5. The molecule has 0 spiro atoms. The zero-order valence-corrected chi connectivity index (χ0v) is 13.6. The van der Waals surface area contributed by atoms with Crippen LogP contribution in [-0.2, 0) is 6.54 Å². The van der Waals surface area contributed by atoms with Crippen LogP contribution in [0.1, 0.15) is 4.88 Å². The highest BCUT2D eigenvalue weighted by Crippen LogP contribution is 2.38. The van der Waals surface area contributed by atoms with Crippen molar-refractivity contribution >= 4 is 22.9 Å². The third kappa shape index (κ3) is 3.40. The molecule has 0 unspecified atom stereocenters. The quantitative estimate of drug-likeness (QED) is 0.932. The Bertz CT molecular complexity index is 608. The summed E-state index contributed by atoms with van der Waals surface area (Å²) in [5.41, 5.74) is 2.14. The molecule has 5 heteroatoms. The molecule has 3 rings (SSSR count). The molecule has 1 fully saturated rings. The van der Waals surface area contributed by atoms with Crippen molar-refractivity contribution < 1.29 is 4.74 Å². The van der Waals surface area contributed by atoms with Crippen molar-refractivity contribution in [2.24, 2.45) is 0 Å². The first-order chi connectivity index (χ1) is 10.3. The first kappa shape index (κ1) is 14.9. The summed E-state index contributed by atoms with van der Waals surface area (Å²) in [5, 5.41) is 6.29. The Hall–Kier alpha value is -1.07. The van der Waals surface area contributed by atoms with Crippen LogP contribution in [0, 0.1) is 0 Å². The van der Waals surface area contributed by atoms with E-state index in [1.807, 2.05) is 18.2 Å². The van der Waals surface area contributed by atoms with Crippen LogP contribution < -0.4 is 10.1 Å². The number of hydrogen-bond acceptors (Lipinski definition) is 4. The van der Waals surface area contributed by atoms with Crippen LogP contribution >= 0.6 is 22.9 Å². The van der Waals surface area contributed by atoms with Crippen molar-refractivity contribution in [2.45, 2.75) is 6.54 Å². The third-order valence-corrected chi connectivity index (χ3v) is 4.96. The lowest BCUT2D eigenvalue weighted by molar-refractivity contribution is 0.235. The van der Waals surface area contributed by atoms with Gasteiger partial charge in [-0.2, -0.15) is 0 Å². The van der Waals surface area contributed by atoms with Gasteiger partial charge in [-0.25, -0.2) is 0 Å². The fourth-order valence-electron chi connectivity index (χ4n) is 2.64. The molecular formula is C16H19ClN2OS. The van der Waals surface area contributed by atoms with Gasteiger partial charge in [-0.05, 0) is 29.1 Å². The Morgan fingerprint density at radius 2 is 2.14 bits per heavy atom. The number of rotatable bonds is 4. The number of thiophene rings is 1. The van der Waals surface area contributed by atoms with Crippen molar-refractivity contribution in [3.63, 3.8) is 0 Å². The van der Waals surface area contributed by atoms with Gasteiger partial charge in [0, 0.05) is 43.2 Å². The molecule has 1 aromatic heterocycles. The van der Waals surface area contributed by atoms with Gasteiger partial charge in [0.1, 0.15) is 5.75 Å². The molecular weight excluding hydrogens is 304 g/mol. The molecule has 1 aliphatic heterocycles. The molecule has 2 heterocycles. The summed E-state index contributed by atoms with van der Waals surface area (Å²) in [4.78, 5) is 3.85. The fraction of sp³-hybridized carbons (Fsp3) is 0.375. The summed E-state index contributed by atoms with van der Waals surface area (Å²) in [5.74, 6) is 0.828. The Balaban J connectivity index is 1.81. The van der Waals surface area contributed by atoms with Crippen LogP contribution in [0.3, 0.4) is 0 Å². The van der Waals surface area contributed by atoms with Crippen LogP contribution in [0.15, 0.2) is 29.6 Å². The highest BCUT2D eigenvalue weighted by Gasteiger charge is 2.14. The highest BCUT2D eigenvalue weighted by molar-refractivity contribution is 7.10. The Morgan fingerprint density at radius 1 is 1.33 bits per heavy atom. The molecule has 21 heavy (non-hydrogen) atoms. The van der Waals surface area contributed by atoms with Crippen molar-refractivity contribution in [1.29, 1.82) is 0 Å². The van der Waals surface area contributed by atoms with E-state index in [0.717, 1.165) is 54.6 Å². The molecule has 1 aromatic carbocycles. The van der Waals surface area contributed by atoms with E-state index >= 15 is 0 Å². The van der Waals surface area contributed by atoms with Gasteiger partial charge in [-0.15, -0.1) is 11.3 Å². The summed E-state index contributed by atoms with van der Waals surface area (Å²) >= 11 is 8.14. The minimum absolute atomic E-state index is 0.737. The molecule has 0 amide bonds. The average molecular weight is 323 g/mol. The lowest BCUT2D eigenvalue weighted by Gasteiger charge is -2.26. The number of halogens is 1. The molecule has 0 atom stereocenters. The molecule has 0 saturated carbocycles. The number of piperazine rings is 1. The standard InChI is InChI=1S/C16H19ClN2OS/c1-20-15-4-2-3-14(17)16(15)12-9-13(21-11-12)10-19-7-5-18-6-8-19/h2-4,9,11,18H,5-8,10H2,1H3. The number of methoxy groups -OCH3 is 1. The number of benzene rings is 1. The second-order valence-electron chi connectivity index (χ2n) is 5.14. The van der Waals surface area contributed by atoms with Crippen LogP contribution in [0.4, 0.5) is 0 Å². The smallest absolute Gasteiger partial charge is 0.128 e. The van der Waals surface area contributed by atoms with Crippen molar-refractivity contribution in [3.05, 3.63) is 39.5 Å². The van der Waals surface area contributed by atoms with Gasteiger partial charge >= 0.3 is 0 Å². The van der Waals surface area contributed by atoms with E-state index in [2.05, 4.69) is 21.7 Å². The second-order valence-corrected chi connectivity index (χ2v) is 6.55. The average Bonchev–Trinajstić information content (AvgIpc) is 2.96. The van der Waals surface area contributed by atoms with Gasteiger partial charge in [0.25, 0.3) is 0 Å². The molecule has 1 N–H and O–H groups in total. The van der Waals surface area contributed by atoms with E-state index < -0.39 is 0 Å². The van der Waals surface area contributed by atoms with E-state index in [4.69, 9.17) is 16.3 Å². The van der Waals surface area contributed by atoms with Gasteiger partial charge in [-0.3, -0.25) is 4.90 Å². The van der Waals surface area contributed by atoms with E-state index in [9.17, 15) is 0 Å². The molecule has 3 nitrogen and oxygen atoms in total. The summed E-state index contributed by atoms with van der Waals surface area (Å²) < 4.78 is 5.44. The Kier molecular flexibility index (Phi) is 4.80. The molecule has 112 valence electrons. The van der Waals surface area contributed by atoms with Gasteiger partial charge in [-0.1, -0.05) is 17.7 Å². The van der Waals surface area contributed by atoms with E-state index in [1.54, 1.807) is 18.4 Å². The van der Waals surface area contributed by atoms with Gasteiger partial charge < -0.3 is 10.1 Å². The van der Waals surface area contributed by atoms with E-state index in [0.29, 0.717) is 0 Å². The number of nitrogens with zero attached hydrogens (tertiary/aromatic N) is 1. The van der Waals surface area contributed by atoms with Gasteiger partial charge in [0.05, 0.1) is 12.1 Å². The van der Waals surface area contributed by atoms with E-state index in [-0.39, 0.29) is 0 Å². The van der Waals surface area contributed by atoms with Gasteiger partial charge in [0.2, 0.25) is 0 Å². The first-order valence-corrected chi connectivity index (χ1v) is 8.37. The zero-order chi connectivity index (χ0) is 14.7. The summed E-state index contributed by atoms with van der Waals surface area (Å²) in [7, 11) is 1.68. The fourth-order valence-corrected chi connectivity index (χ4v) is 3.83. The monoisotopic (exact) mass is 322 g/mol. The predicted molar refractivity (Wildman–Crippen MR) is 89.5 cm³/mol. The summed E-state index contributed by atoms with van der Waals surface area (Å²) in [6.07, 6.45) is 0. The zero-order valence-electron chi connectivity index (χ0n) is 12.1. The number of nitrogens with one attached hydrogen (secondary N) is 1. The maximum absolute atomic E-state index is 6.35. The Morgan fingerprint density at radius 3 is 2.90 bits per heavy atom. The topological polar surface area (TPSA) is 24.5 Å². The van der Waals surface area contributed by atoms with Crippen LogP contribution in [0.25, 0.3) is 11.1 Å². The van der Waals surface area contributed by atoms with Crippen LogP contribution in [-0.4, -0.2) is 38.2 Å². The third-order valence-electron chi connectivity index (χ3n) is 3.73. The molecule has 1 aliphatic rings. The molecule has 0 radical (unpaired) electrons. The van der Waals surface area contributed by atoms with Crippen LogP contribution in [0.2, 0.25) is 5.02 Å². The summed E-state index contributed by atoms with van der Waals surface area (Å²) in [6.45, 7) is 5.40. The molecule has 0 bridgehead atoms. The Labute approximate surface area is 134 Å². The van der Waals surface area contributed by atoms with E-state index in [1.165, 1.54) is 4.88 Å². The van der Waals surface area contributed by atoms with Crippen molar-refractivity contribution in [2.75, 3.05) is 33.3 Å². The summed E-state index contributed by atoms with van der Waals surface area (Å²) in [6, 6.07) is 8.01. The number of hydrogen-bond donors (Lipinski definition) is 1. The SMILES string of the molecule is COc1cccc(Cl)c1-c1csc(CN2CCNCC2)c1. The van der Waals surface area contributed by atoms with Crippen LogP contribution in [0.5, 0.6) is 5.75 Å². The minimum Gasteiger partial charge on any atom is -0.496 e. The second kappa shape index (κ2) is 6.79. The molecule has 0 aliphatic carbocycles. The lowest BCUT2D eigenvalue weighted by atomic mass is 10.1. The maximum Gasteiger partial charge on any atom is 0.128 e. The van der Waals surface area contributed by atoms with Crippen molar-refractivity contribution in [1.82, 2.24) is 10.2 Å². The van der Waals surface area contributed by atoms with Crippen molar-refractivity contribution in [3.8, 4) is 16.9 Å². The molecule has 2 aromatic rings. The maximum atomic E-state index is 6.35. The minimum atomic E-state index is 0.737. The molecule has 1 saturated heterocycles. The number of ether oxygens (including phenoxy) is 1. The largest absolute Gasteiger partial charge is 0.496 e. The predicted octanol–water partition coefficient (Wildman–Crippen LogP) is 3.48.